The molecule has 0 bridgehead atoms. The van der Waals surface area contributed by atoms with Crippen LogP contribution in [0.15, 0.2) is 28.2 Å². The third-order valence-electron chi connectivity index (χ3n) is 3.48. The molecule has 0 aromatic carbocycles. The Bertz CT molecular complexity index is 800. The Balaban J connectivity index is 1.91. The van der Waals surface area contributed by atoms with E-state index >= 15 is 0 Å². The summed E-state index contributed by atoms with van der Waals surface area (Å²) in [5, 5.41) is 2.69. The minimum atomic E-state index is -0.678. The fourth-order valence-electron chi connectivity index (χ4n) is 2.28. The Morgan fingerprint density at radius 2 is 2.13 bits per heavy atom. The minimum absolute atomic E-state index is 0.0717. The van der Waals surface area contributed by atoms with Gasteiger partial charge in [-0.2, -0.15) is 0 Å². The van der Waals surface area contributed by atoms with Gasteiger partial charge in [0.15, 0.2) is 0 Å². The van der Waals surface area contributed by atoms with Gasteiger partial charge in [0.25, 0.3) is 11.5 Å². The lowest BCUT2D eigenvalue weighted by atomic mass is 10.2. The lowest BCUT2D eigenvalue weighted by Gasteiger charge is -2.10. The number of rotatable bonds is 6. The molecule has 2 heterocycles. The molecule has 0 saturated heterocycles. The van der Waals surface area contributed by atoms with E-state index in [0.29, 0.717) is 18.9 Å². The lowest BCUT2D eigenvalue weighted by molar-refractivity contribution is 0.0950. The molecule has 0 radical (unpaired) electrons. The van der Waals surface area contributed by atoms with Gasteiger partial charge in [-0.1, -0.05) is 13.8 Å². The molecule has 0 fully saturated rings. The van der Waals surface area contributed by atoms with Crippen molar-refractivity contribution in [3.8, 4) is 0 Å². The molecule has 8 heteroatoms. The van der Waals surface area contributed by atoms with Crippen LogP contribution in [0.1, 0.15) is 42.4 Å². The van der Waals surface area contributed by atoms with Gasteiger partial charge in [-0.05, 0) is 6.42 Å². The molecule has 2 aromatic heterocycles. The number of H-pyrrole nitrogens is 1. The summed E-state index contributed by atoms with van der Waals surface area (Å²) in [6.07, 6.45) is 5.63. The van der Waals surface area contributed by atoms with Crippen LogP contribution < -0.4 is 16.6 Å². The fourth-order valence-corrected chi connectivity index (χ4v) is 2.28. The molecule has 0 saturated carbocycles. The molecule has 2 N–H and O–H groups in total. The van der Waals surface area contributed by atoms with Crippen molar-refractivity contribution in [2.75, 3.05) is 6.54 Å². The number of carbonyl (C=O) groups is 1. The third kappa shape index (κ3) is 3.97. The average Bonchev–Trinajstić information content (AvgIpc) is 2.96. The summed E-state index contributed by atoms with van der Waals surface area (Å²) < 4.78 is 3.21. The smallest absolute Gasteiger partial charge is 0.328 e. The van der Waals surface area contributed by atoms with E-state index in [4.69, 9.17) is 0 Å². The number of imidazole rings is 1. The van der Waals surface area contributed by atoms with Crippen molar-refractivity contribution < 1.29 is 4.79 Å². The Kier molecular flexibility index (Phi) is 5.15. The first-order valence-corrected chi connectivity index (χ1v) is 7.49. The number of aryl methyl sites for hydroxylation is 2. The first-order valence-electron chi connectivity index (χ1n) is 7.49. The van der Waals surface area contributed by atoms with E-state index in [1.807, 2.05) is 6.20 Å². The van der Waals surface area contributed by atoms with Crippen LogP contribution in [0.4, 0.5) is 0 Å². The normalized spacial score (nSPS) is 11.0. The predicted octanol–water partition coefficient (Wildman–Crippen LogP) is 0.214. The largest absolute Gasteiger partial charge is 0.352 e. The molecular weight excluding hydrogens is 298 g/mol. The summed E-state index contributed by atoms with van der Waals surface area (Å²) >= 11 is 0. The highest BCUT2D eigenvalue weighted by atomic mass is 16.2. The summed E-state index contributed by atoms with van der Waals surface area (Å²) in [5.41, 5.74) is -1.30. The highest BCUT2D eigenvalue weighted by molar-refractivity contribution is 5.93. The van der Waals surface area contributed by atoms with Crippen LogP contribution >= 0.6 is 0 Å². The Hall–Kier alpha value is -2.64. The van der Waals surface area contributed by atoms with E-state index in [0.717, 1.165) is 16.9 Å². The van der Waals surface area contributed by atoms with Crippen molar-refractivity contribution in [2.45, 2.75) is 32.7 Å². The second-order valence-electron chi connectivity index (χ2n) is 5.66. The number of hydrogen-bond donors (Lipinski definition) is 2. The van der Waals surface area contributed by atoms with Crippen molar-refractivity contribution >= 4 is 5.91 Å². The van der Waals surface area contributed by atoms with Gasteiger partial charge < -0.3 is 14.5 Å². The van der Waals surface area contributed by atoms with Crippen molar-refractivity contribution in [1.29, 1.82) is 0 Å². The fraction of sp³-hybridized carbons (Fsp3) is 0.467. The van der Waals surface area contributed by atoms with Gasteiger partial charge in [-0.15, -0.1) is 0 Å². The van der Waals surface area contributed by atoms with Crippen LogP contribution in [0.25, 0.3) is 0 Å². The van der Waals surface area contributed by atoms with Gasteiger partial charge in [0.2, 0.25) is 0 Å². The minimum Gasteiger partial charge on any atom is -0.352 e. The number of amides is 1. The molecule has 8 nitrogen and oxygen atoms in total. The highest BCUT2D eigenvalue weighted by Gasteiger charge is 2.12. The molecule has 2 rings (SSSR count). The number of nitrogens with one attached hydrogen (secondary N) is 2. The monoisotopic (exact) mass is 319 g/mol. The topological polar surface area (TPSA) is 102 Å². The van der Waals surface area contributed by atoms with Gasteiger partial charge in [-0.3, -0.25) is 14.6 Å². The van der Waals surface area contributed by atoms with E-state index in [1.54, 1.807) is 6.20 Å². The van der Waals surface area contributed by atoms with Crippen LogP contribution in [-0.2, 0) is 13.6 Å². The van der Waals surface area contributed by atoms with Gasteiger partial charge in [-0.25, -0.2) is 9.78 Å². The Morgan fingerprint density at radius 3 is 2.83 bits per heavy atom. The first-order chi connectivity index (χ1) is 10.9. The quantitative estimate of drug-likeness (QED) is 0.743. The van der Waals surface area contributed by atoms with E-state index in [1.165, 1.54) is 13.2 Å². The number of aromatic amines is 1. The van der Waals surface area contributed by atoms with Crippen molar-refractivity contribution in [3.63, 3.8) is 0 Å². The molecule has 0 aliphatic heterocycles. The number of hydrogen-bond acceptors (Lipinski definition) is 4. The molecular formula is C15H21N5O3. The van der Waals surface area contributed by atoms with Gasteiger partial charge in [0, 0.05) is 44.6 Å². The van der Waals surface area contributed by atoms with Crippen LogP contribution in [0.2, 0.25) is 0 Å². The standard InChI is InChI=1S/C15H21N5O3/c1-10(2)12-16-6-8-20(12)7-4-5-17-13(21)11-9-19(3)15(23)18-14(11)22/h6,8-10H,4-5,7H2,1-3H3,(H,17,21)(H,18,22,23). The molecule has 2 aromatic rings. The molecule has 0 unspecified atom stereocenters. The van der Waals surface area contributed by atoms with E-state index in [2.05, 4.69) is 33.7 Å². The molecule has 0 aliphatic carbocycles. The summed E-state index contributed by atoms with van der Waals surface area (Å²) in [6.45, 7) is 5.31. The van der Waals surface area contributed by atoms with Crippen molar-refractivity contribution in [3.05, 3.63) is 50.8 Å². The van der Waals surface area contributed by atoms with Gasteiger partial charge >= 0.3 is 5.69 Å². The number of carbonyl (C=O) groups excluding carboxylic acids is 1. The number of nitrogens with zero attached hydrogens (tertiary/aromatic N) is 3. The maximum atomic E-state index is 12.0. The molecule has 1 amide bonds. The third-order valence-corrected chi connectivity index (χ3v) is 3.48. The maximum absolute atomic E-state index is 12.0. The first kappa shape index (κ1) is 16.7. The van der Waals surface area contributed by atoms with Crippen LogP contribution in [0.5, 0.6) is 0 Å². The van der Waals surface area contributed by atoms with E-state index in [-0.39, 0.29) is 5.56 Å². The van der Waals surface area contributed by atoms with Crippen molar-refractivity contribution in [2.24, 2.45) is 7.05 Å². The summed E-state index contributed by atoms with van der Waals surface area (Å²) in [6, 6.07) is 0. The van der Waals surface area contributed by atoms with E-state index < -0.39 is 17.2 Å². The Labute approximate surface area is 133 Å². The number of aromatic nitrogens is 4. The van der Waals surface area contributed by atoms with Crippen molar-refractivity contribution in [1.82, 2.24) is 24.4 Å². The molecule has 0 atom stereocenters. The zero-order valence-electron chi connectivity index (χ0n) is 13.5. The molecule has 0 spiro atoms. The second-order valence-corrected chi connectivity index (χ2v) is 5.66. The SMILES string of the molecule is CC(C)c1nccn1CCCNC(=O)c1cn(C)c(=O)[nH]c1=O. The predicted molar refractivity (Wildman–Crippen MR) is 85.6 cm³/mol. The average molecular weight is 319 g/mol. The van der Waals surface area contributed by atoms with Crippen LogP contribution in [0.3, 0.4) is 0 Å². The summed E-state index contributed by atoms with van der Waals surface area (Å²) in [4.78, 5) is 41.3. The summed E-state index contributed by atoms with van der Waals surface area (Å²) in [7, 11) is 1.47. The van der Waals surface area contributed by atoms with E-state index in [9.17, 15) is 14.4 Å². The zero-order chi connectivity index (χ0) is 17.0. The molecule has 23 heavy (non-hydrogen) atoms. The van der Waals surface area contributed by atoms with Crippen LogP contribution in [-0.4, -0.2) is 31.6 Å². The van der Waals surface area contributed by atoms with Gasteiger partial charge in [0.05, 0.1) is 0 Å². The highest BCUT2D eigenvalue weighted by Crippen LogP contribution is 2.11. The maximum Gasteiger partial charge on any atom is 0.328 e. The zero-order valence-corrected chi connectivity index (χ0v) is 13.5. The molecule has 0 aliphatic rings. The Morgan fingerprint density at radius 1 is 1.39 bits per heavy atom. The lowest BCUT2D eigenvalue weighted by Crippen LogP contribution is -2.36. The van der Waals surface area contributed by atoms with Crippen LogP contribution in [0, 0.1) is 0 Å². The molecule has 124 valence electrons. The summed E-state index contributed by atoms with van der Waals surface area (Å²) in [5.74, 6) is 0.853. The van der Waals surface area contributed by atoms with Gasteiger partial charge in [0.1, 0.15) is 11.4 Å². The second kappa shape index (κ2) is 7.08.